The van der Waals surface area contributed by atoms with E-state index in [2.05, 4.69) is 172 Å². The lowest BCUT2D eigenvalue weighted by Crippen LogP contribution is -2.40. The van der Waals surface area contributed by atoms with Gasteiger partial charge in [-0.15, -0.1) is 0 Å². The molecule has 9 heteroatoms. The Kier molecular flexibility index (Phi) is 55.2. The molecule has 0 amide bonds. The SMILES string of the molecule is CC/C=C\C/C=C\C/C=C\C/C=C\C/C=C\C/C=C\C/C=C\C/C=C\C/C=C\C/C=C\C/C=C\C/C=C\CCCCC(=O)OC(COC(=O)CCCCCCC/C=C\CCCCCCCC)COC(OCC[N+](C)(C)C)C(=O)O. The van der Waals surface area contributed by atoms with Gasteiger partial charge in [-0.2, -0.15) is 0 Å². The van der Waals surface area contributed by atoms with Crippen molar-refractivity contribution in [3.63, 3.8) is 0 Å². The third-order valence-electron chi connectivity index (χ3n) is 12.3. The highest BCUT2D eigenvalue weighted by Crippen LogP contribution is 2.13. The lowest BCUT2D eigenvalue weighted by molar-refractivity contribution is -0.870. The molecule has 0 saturated carbocycles. The number of carboxylic acid groups (broad SMARTS) is 1. The first-order valence-electron chi connectivity index (χ1n) is 30.6. The molecule has 444 valence electrons. The summed E-state index contributed by atoms with van der Waals surface area (Å²) in [5.41, 5.74) is 0. The minimum absolute atomic E-state index is 0.169. The first-order chi connectivity index (χ1) is 38.6. The van der Waals surface area contributed by atoms with Crippen molar-refractivity contribution < 1.29 is 42.9 Å². The molecule has 0 rings (SSSR count). The van der Waals surface area contributed by atoms with Crippen LogP contribution in [0, 0.1) is 0 Å². The number of nitrogens with zero attached hydrogens (tertiary/aromatic N) is 1. The van der Waals surface area contributed by atoms with Crippen molar-refractivity contribution in [2.45, 2.75) is 219 Å². The molecular formula is C70H112NO8+. The molecule has 9 nitrogen and oxygen atoms in total. The van der Waals surface area contributed by atoms with Crippen LogP contribution < -0.4 is 0 Å². The molecular weight excluding hydrogens is 983 g/mol. The van der Waals surface area contributed by atoms with E-state index in [1.165, 1.54) is 44.9 Å². The van der Waals surface area contributed by atoms with Gasteiger partial charge in [0.05, 0.1) is 34.4 Å². The number of aliphatic carboxylic acids is 1. The number of carbonyl (C=O) groups is 3. The van der Waals surface area contributed by atoms with Gasteiger partial charge in [0.25, 0.3) is 6.29 Å². The van der Waals surface area contributed by atoms with Crippen molar-refractivity contribution in [2.75, 3.05) is 47.5 Å². The highest BCUT2D eigenvalue weighted by Gasteiger charge is 2.25. The number of carboxylic acids is 1. The zero-order valence-electron chi connectivity index (χ0n) is 50.5. The number of rotatable bonds is 54. The molecule has 2 unspecified atom stereocenters. The molecule has 2 atom stereocenters. The van der Waals surface area contributed by atoms with E-state index in [0.29, 0.717) is 17.4 Å². The summed E-state index contributed by atoms with van der Waals surface area (Å²) in [5.74, 6) is -2.10. The van der Waals surface area contributed by atoms with Crippen molar-refractivity contribution >= 4 is 17.9 Å². The predicted octanol–water partition coefficient (Wildman–Crippen LogP) is 18.6. The molecule has 0 bridgehead atoms. The van der Waals surface area contributed by atoms with E-state index in [1.54, 1.807) is 0 Å². The third kappa shape index (κ3) is 60.4. The maximum absolute atomic E-state index is 12.9. The number of quaternary nitrogens is 1. The van der Waals surface area contributed by atoms with Crippen LogP contribution in [0.1, 0.15) is 206 Å². The second kappa shape index (κ2) is 59.0. The van der Waals surface area contributed by atoms with Crippen LogP contribution in [0.5, 0.6) is 0 Å². The molecule has 0 heterocycles. The van der Waals surface area contributed by atoms with Crippen LogP contribution in [-0.4, -0.2) is 87.4 Å². The first kappa shape index (κ1) is 73.9. The van der Waals surface area contributed by atoms with E-state index in [1.807, 2.05) is 21.1 Å². The van der Waals surface area contributed by atoms with Gasteiger partial charge in [0.2, 0.25) is 0 Å². The number of hydrogen-bond acceptors (Lipinski definition) is 7. The highest BCUT2D eigenvalue weighted by atomic mass is 16.7. The number of likely N-dealkylation sites (N-methyl/N-ethyl adjacent to an activating group) is 1. The van der Waals surface area contributed by atoms with E-state index in [-0.39, 0.29) is 38.6 Å². The number of ether oxygens (including phenoxy) is 4. The number of esters is 2. The molecule has 0 aromatic carbocycles. The summed E-state index contributed by atoms with van der Waals surface area (Å²) in [6.07, 6.45) is 84.8. The van der Waals surface area contributed by atoms with Gasteiger partial charge >= 0.3 is 17.9 Å². The molecule has 0 aromatic rings. The maximum Gasteiger partial charge on any atom is 0.361 e. The Morgan fingerprint density at radius 1 is 0.392 bits per heavy atom. The van der Waals surface area contributed by atoms with Crippen molar-refractivity contribution in [3.8, 4) is 0 Å². The Morgan fingerprint density at radius 2 is 0.722 bits per heavy atom. The molecule has 0 radical (unpaired) electrons. The summed E-state index contributed by atoms with van der Waals surface area (Å²) in [6.45, 7) is 4.67. The Morgan fingerprint density at radius 3 is 1.11 bits per heavy atom. The van der Waals surface area contributed by atoms with Gasteiger partial charge < -0.3 is 28.5 Å². The third-order valence-corrected chi connectivity index (χ3v) is 12.3. The average Bonchev–Trinajstić information content (AvgIpc) is 3.42. The predicted molar refractivity (Wildman–Crippen MR) is 336 cm³/mol. The topological polar surface area (TPSA) is 108 Å². The number of hydrogen-bond donors (Lipinski definition) is 1. The van der Waals surface area contributed by atoms with Gasteiger partial charge in [-0.1, -0.05) is 223 Å². The lowest BCUT2D eigenvalue weighted by atomic mass is 10.1. The van der Waals surface area contributed by atoms with E-state index in [0.717, 1.165) is 128 Å². The molecule has 0 aliphatic heterocycles. The summed E-state index contributed by atoms with van der Waals surface area (Å²) >= 11 is 0. The van der Waals surface area contributed by atoms with Crippen molar-refractivity contribution in [1.29, 1.82) is 0 Å². The van der Waals surface area contributed by atoms with Gasteiger partial charge in [-0.25, -0.2) is 4.79 Å². The Bertz CT molecular complexity index is 1850. The van der Waals surface area contributed by atoms with Crippen LogP contribution in [0.15, 0.2) is 158 Å². The number of unbranched alkanes of at least 4 members (excludes halogenated alkanes) is 13. The van der Waals surface area contributed by atoms with E-state index >= 15 is 0 Å². The van der Waals surface area contributed by atoms with Gasteiger partial charge in [-0.05, 0) is 128 Å². The van der Waals surface area contributed by atoms with E-state index in [9.17, 15) is 19.5 Å². The Hall–Kier alpha value is -5.09. The molecule has 0 saturated heterocycles. The first-order valence-corrected chi connectivity index (χ1v) is 30.6. The average molecular weight is 1100 g/mol. The zero-order chi connectivity index (χ0) is 57.6. The summed E-state index contributed by atoms with van der Waals surface area (Å²) in [6, 6.07) is 0. The van der Waals surface area contributed by atoms with Crippen LogP contribution in [0.25, 0.3) is 0 Å². The van der Waals surface area contributed by atoms with Crippen LogP contribution in [0.2, 0.25) is 0 Å². The summed E-state index contributed by atoms with van der Waals surface area (Å²) in [7, 11) is 5.94. The fraction of sp³-hybridized carbons (Fsp3) is 0.586. The van der Waals surface area contributed by atoms with Crippen LogP contribution >= 0.6 is 0 Å². The van der Waals surface area contributed by atoms with Crippen LogP contribution in [-0.2, 0) is 33.3 Å². The Balaban J connectivity index is 4.31. The number of allylic oxidation sites excluding steroid dienone is 26. The highest BCUT2D eigenvalue weighted by molar-refractivity contribution is 5.71. The normalized spacial score (nSPS) is 13.9. The second-order valence-corrected chi connectivity index (χ2v) is 20.9. The fourth-order valence-corrected chi connectivity index (χ4v) is 7.58. The molecule has 1 N–H and O–H groups in total. The molecule has 79 heavy (non-hydrogen) atoms. The minimum atomic E-state index is -1.53. The minimum Gasteiger partial charge on any atom is -0.477 e. The molecule has 0 aliphatic carbocycles. The molecule has 0 spiro atoms. The monoisotopic (exact) mass is 1090 g/mol. The molecule has 0 aromatic heterocycles. The van der Waals surface area contributed by atoms with Gasteiger partial charge in [0, 0.05) is 12.8 Å². The smallest absolute Gasteiger partial charge is 0.361 e. The van der Waals surface area contributed by atoms with Crippen LogP contribution in [0.3, 0.4) is 0 Å². The van der Waals surface area contributed by atoms with E-state index < -0.39 is 24.3 Å². The van der Waals surface area contributed by atoms with Crippen molar-refractivity contribution in [2.24, 2.45) is 0 Å². The fourth-order valence-electron chi connectivity index (χ4n) is 7.58. The van der Waals surface area contributed by atoms with Gasteiger partial charge in [-0.3, -0.25) is 9.59 Å². The summed E-state index contributed by atoms with van der Waals surface area (Å²) in [4.78, 5) is 37.4. The standard InChI is InChI=1S/C70H111NO8/c1-6-8-10-12-14-16-18-20-22-23-24-25-26-27-28-29-30-31-32-33-34-35-36-37-38-39-40-41-42-43-44-45-47-49-51-53-55-57-59-61-68(73)79-66(65-78-70(69(74)75)76-63-62-71(3,4)5)64-77-67(72)60-58-56-54-52-50-48-46-21-19-17-15-13-11-9-7-2/h8,10,14,16,20-22,24-25,27-28,30-31,33-34,36-37,39-40,42-43,45-47,51,53,66,70H,6-7,9,11-13,15,17-19,23,26,29,32,35,38,41,44,48-50,52,54-65H2,1-5H3/p+1/b10-8-,16-14-,22-20-,25-24-,28-27-,31-30-,34-33-,37-36-,40-39-,43-42-,46-21-,47-45-,53-51-. The molecule has 0 fully saturated rings. The van der Waals surface area contributed by atoms with Crippen molar-refractivity contribution in [1.82, 2.24) is 0 Å². The van der Waals surface area contributed by atoms with Gasteiger partial charge in [0.1, 0.15) is 13.2 Å². The largest absolute Gasteiger partial charge is 0.477 e. The van der Waals surface area contributed by atoms with Crippen LogP contribution in [0.4, 0.5) is 0 Å². The van der Waals surface area contributed by atoms with E-state index in [4.69, 9.17) is 18.9 Å². The van der Waals surface area contributed by atoms with Crippen molar-refractivity contribution in [3.05, 3.63) is 158 Å². The molecule has 0 aliphatic rings. The summed E-state index contributed by atoms with van der Waals surface area (Å²) < 4.78 is 22.8. The summed E-state index contributed by atoms with van der Waals surface area (Å²) in [5, 5.41) is 9.69. The lowest BCUT2D eigenvalue weighted by Gasteiger charge is -2.25. The quantitative estimate of drug-likeness (QED) is 0.0211. The number of carbonyl (C=O) groups excluding carboxylic acids is 2. The van der Waals surface area contributed by atoms with Gasteiger partial charge in [0.15, 0.2) is 6.10 Å². The second-order valence-electron chi connectivity index (χ2n) is 20.9. The zero-order valence-corrected chi connectivity index (χ0v) is 50.5. The Labute approximate surface area is 483 Å². The maximum atomic E-state index is 12.9.